The minimum Gasteiger partial charge on any atom is -0.493 e. The lowest BCUT2D eigenvalue weighted by Gasteiger charge is -2.30. The first-order chi connectivity index (χ1) is 17.9. The van der Waals surface area contributed by atoms with Gasteiger partial charge in [0.1, 0.15) is 5.82 Å². The zero-order valence-corrected chi connectivity index (χ0v) is 21.4. The number of nitrogens with zero attached hydrogens (tertiary/aromatic N) is 2. The molecule has 1 aliphatic rings. The fraction of sp³-hybridized carbons (Fsp3) is 0.259. The molecule has 10 heteroatoms. The molecule has 1 amide bonds. The number of H-pyrrole nitrogens is 1. The normalized spacial score (nSPS) is 15.0. The van der Waals surface area contributed by atoms with Crippen molar-refractivity contribution in [3.63, 3.8) is 0 Å². The molecule has 0 spiro atoms. The lowest BCUT2D eigenvalue weighted by molar-refractivity contribution is 0.102. The molecule has 4 aromatic rings. The summed E-state index contributed by atoms with van der Waals surface area (Å²) in [7, 11) is -0.690. The maximum atomic E-state index is 13.3. The van der Waals surface area contributed by atoms with E-state index in [2.05, 4.69) is 15.3 Å². The highest BCUT2D eigenvalue weighted by molar-refractivity contribution is 7.89. The number of anilines is 1. The average Bonchev–Trinajstić information content (AvgIpc) is 3.37. The van der Waals surface area contributed by atoms with Crippen LogP contribution in [-0.2, 0) is 10.0 Å². The maximum Gasteiger partial charge on any atom is 0.259 e. The zero-order chi connectivity index (χ0) is 26.0. The van der Waals surface area contributed by atoms with Crippen LogP contribution in [0.1, 0.15) is 34.9 Å². The molecule has 37 heavy (non-hydrogen) atoms. The number of nitrogens with one attached hydrogen (secondary N) is 2. The first-order valence-electron chi connectivity index (χ1n) is 12.0. The van der Waals surface area contributed by atoms with Crippen LogP contribution in [0, 0.1) is 0 Å². The van der Waals surface area contributed by atoms with Crippen LogP contribution in [0.4, 0.5) is 5.69 Å². The number of methoxy groups -OCH3 is 2. The van der Waals surface area contributed by atoms with E-state index in [1.165, 1.54) is 30.7 Å². The Hall–Kier alpha value is -3.89. The quantitative estimate of drug-likeness (QED) is 0.373. The van der Waals surface area contributed by atoms with Crippen LogP contribution in [0.15, 0.2) is 71.6 Å². The lowest BCUT2D eigenvalue weighted by atomic mass is 9.97. The minimum atomic E-state index is -3.66. The van der Waals surface area contributed by atoms with Crippen molar-refractivity contribution in [3.05, 3.63) is 78.1 Å². The van der Waals surface area contributed by atoms with Gasteiger partial charge in [-0.05, 0) is 61.4 Å². The third-order valence-corrected chi connectivity index (χ3v) is 8.56. The third kappa shape index (κ3) is 4.90. The van der Waals surface area contributed by atoms with Crippen molar-refractivity contribution in [2.45, 2.75) is 23.7 Å². The highest BCUT2D eigenvalue weighted by Crippen LogP contribution is 2.32. The van der Waals surface area contributed by atoms with E-state index in [1.54, 1.807) is 30.3 Å². The van der Waals surface area contributed by atoms with E-state index >= 15 is 0 Å². The molecule has 1 fully saturated rings. The molecule has 0 aliphatic carbocycles. The van der Waals surface area contributed by atoms with Gasteiger partial charge in [-0.1, -0.05) is 18.2 Å². The van der Waals surface area contributed by atoms with Gasteiger partial charge in [0.25, 0.3) is 5.91 Å². The molecule has 3 aromatic carbocycles. The molecule has 1 saturated heterocycles. The molecule has 0 radical (unpaired) electrons. The second-order valence-electron chi connectivity index (χ2n) is 8.84. The highest BCUT2D eigenvalue weighted by atomic mass is 32.2. The number of aromatic nitrogens is 2. The number of ether oxygens (including phenoxy) is 2. The topological polar surface area (TPSA) is 114 Å². The monoisotopic (exact) mass is 520 g/mol. The van der Waals surface area contributed by atoms with Gasteiger partial charge in [-0.2, -0.15) is 4.31 Å². The standard InChI is InChI=1S/C27H28N4O5S/c1-35-24-9-5-6-21(25(24)36-2)27(32)28-19-10-12-20(13-11-19)37(33,34)31-16-14-18(15-17-31)26-29-22-7-3-4-8-23(22)30-26/h3-13,18H,14-17H2,1-2H3,(H,28,32)(H,29,30). The van der Waals surface area contributed by atoms with Crippen LogP contribution in [0.2, 0.25) is 0 Å². The van der Waals surface area contributed by atoms with Crippen molar-refractivity contribution >= 4 is 32.7 Å². The number of hydrogen-bond donors (Lipinski definition) is 2. The summed E-state index contributed by atoms with van der Waals surface area (Å²) in [6, 6.07) is 19.1. The van der Waals surface area contributed by atoms with Crippen molar-refractivity contribution in [1.29, 1.82) is 0 Å². The number of imidazole rings is 1. The number of amides is 1. The van der Waals surface area contributed by atoms with E-state index in [-0.39, 0.29) is 16.7 Å². The molecule has 0 unspecified atom stereocenters. The number of para-hydroxylation sites is 3. The lowest BCUT2D eigenvalue weighted by Crippen LogP contribution is -2.38. The summed E-state index contributed by atoms with van der Waals surface area (Å²) < 4.78 is 38.6. The maximum absolute atomic E-state index is 13.3. The zero-order valence-electron chi connectivity index (χ0n) is 20.6. The largest absolute Gasteiger partial charge is 0.493 e. The van der Waals surface area contributed by atoms with Crippen LogP contribution >= 0.6 is 0 Å². The van der Waals surface area contributed by atoms with Crippen LogP contribution in [0.25, 0.3) is 11.0 Å². The van der Waals surface area contributed by atoms with Gasteiger partial charge in [-0.15, -0.1) is 0 Å². The molecule has 2 N–H and O–H groups in total. The van der Waals surface area contributed by atoms with Crippen molar-refractivity contribution in [1.82, 2.24) is 14.3 Å². The Labute approximate surface area is 215 Å². The molecule has 0 saturated carbocycles. The van der Waals surface area contributed by atoms with Crippen molar-refractivity contribution in [3.8, 4) is 11.5 Å². The number of piperidine rings is 1. The summed E-state index contributed by atoms with van der Waals surface area (Å²) in [5.74, 6) is 1.48. The number of sulfonamides is 1. The molecule has 2 heterocycles. The summed E-state index contributed by atoms with van der Waals surface area (Å²) in [6.45, 7) is 0.830. The van der Waals surface area contributed by atoms with Gasteiger partial charge in [0.15, 0.2) is 11.5 Å². The highest BCUT2D eigenvalue weighted by Gasteiger charge is 2.31. The second-order valence-corrected chi connectivity index (χ2v) is 10.8. The van der Waals surface area contributed by atoms with Crippen LogP contribution in [0.5, 0.6) is 11.5 Å². The predicted molar refractivity (Wildman–Crippen MR) is 141 cm³/mol. The number of carbonyl (C=O) groups is 1. The first-order valence-corrected chi connectivity index (χ1v) is 13.4. The molecule has 192 valence electrons. The molecule has 0 bridgehead atoms. The van der Waals surface area contributed by atoms with E-state index in [0.717, 1.165) is 16.9 Å². The first kappa shape index (κ1) is 24.8. The molecule has 1 aliphatic heterocycles. The van der Waals surface area contributed by atoms with Crippen molar-refractivity contribution in [2.24, 2.45) is 0 Å². The molecule has 0 atom stereocenters. The van der Waals surface area contributed by atoms with Gasteiger partial charge in [-0.3, -0.25) is 4.79 Å². The van der Waals surface area contributed by atoms with Gasteiger partial charge < -0.3 is 19.8 Å². The number of hydrogen-bond acceptors (Lipinski definition) is 6. The number of rotatable bonds is 7. The molecule has 1 aromatic heterocycles. The Kier molecular flexibility index (Phi) is 6.86. The van der Waals surface area contributed by atoms with Crippen LogP contribution in [0.3, 0.4) is 0 Å². The van der Waals surface area contributed by atoms with E-state index in [4.69, 9.17) is 9.47 Å². The minimum absolute atomic E-state index is 0.185. The van der Waals surface area contributed by atoms with Gasteiger partial charge in [-0.25, -0.2) is 13.4 Å². The van der Waals surface area contributed by atoms with Crippen LogP contribution in [-0.4, -0.2) is 55.9 Å². The SMILES string of the molecule is COc1cccc(C(=O)Nc2ccc(S(=O)(=O)N3CCC(c4nc5ccccc5[nH]4)CC3)cc2)c1OC. The molecule has 9 nitrogen and oxygen atoms in total. The number of fused-ring (bicyclic) bond motifs is 1. The fourth-order valence-corrected chi connectivity index (χ4v) is 6.13. The van der Waals surface area contributed by atoms with E-state index in [1.807, 2.05) is 24.3 Å². The summed E-state index contributed by atoms with van der Waals surface area (Å²) in [4.78, 5) is 21.1. The Balaban J connectivity index is 1.24. The summed E-state index contributed by atoms with van der Waals surface area (Å²) in [6.07, 6.45) is 1.38. The van der Waals surface area contributed by atoms with Gasteiger partial charge in [0.2, 0.25) is 10.0 Å². The van der Waals surface area contributed by atoms with Crippen molar-refractivity contribution < 1.29 is 22.7 Å². The van der Waals surface area contributed by atoms with E-state index in [9.17, 15) is 13.2 Å². The fourth-order valence-electron chi connectivity index (χ4n) is 4.66. The Morgan fingerprint density at radius 2 is 1.70 bits per heavy atom. The molecule has 5 rings (SSSR count). The number of aromatic amines is 1. The molecular formula is C27H28N4O5S. The third-order valence-electron chi connectivity index (χ3n) is 6.65. The average molecular weight is 521 g/mol. The second kappa shape index (κ2) is 10.2. The van der Waals surface area contributed by atoms with Gasteiger partial charge in [0, 0.05) is 24.7 Å². The van der Waals surface area contributed by atoms with Gasteiger partial charge in [0.05, 0.1) is 35.7 Å². The predicted octanol–water partition coefficient (Wildman–Crippen LogP) is 4.40. The Morgan fingerprint density at radius 1 is 0.973 bits per heavy atom. The number of carbonyl (C=O) groups excluding carboxylic acids is 1. The van der Waals surface area contributed by atoms with E-state index < -0.39 is 10.0 Å². The summed E-state index contributed by atoms with van der Waals surface area (Å²) in [5, 5.41) is 2.78. The van der Waals surface area contributed by atoms with Gasteiger partial charge >= 0.3 is 0 Å². The summed E-state index contributed by atoms with van der Waals surface area (Å²) >= 11 is 0. The Bertz CT molecular complexity index is 1490. The number of benzene rings is 3. The Morgan fingerprint density at radius 3 is 2.38 bits per heavy atom. The molecular weight excluding hydrogens is 492 g/mol. The smallest absolute Gasteiger partial charge is 0.259 e. The van der Waals surface area contributed by atoms with Crippen molar-refractivity contribution in [2.75, 3.05) is 32.6 Å². The van der Waals surface area contributed by atoms with E-state index in [0.29, 0.717) is 48.7 Å². The van der Waals surface area contributed by atoms with Crippen LogP contribution < -0.4 is 14.8 Å². The summed E-state index contributed by atoms with van der Waals surface area (Å²) in [5.41, 5.74) is 2.69.